The summed E-state index contributed by atoms with van der Waals surface area (Å²) in [5.74, 6) is 5.58. The van der Waals surface area contributed by atoms with Gasteiger partial charge in [-0.15, -0.1) is 0 Å². The Labute approximate surface area is 98.9 Å². The summed E-state index contributed by atoms with van der Waals surface area (Å²) in [5.41, 5.74) is 4.91. The van der Waals surface area contributed by atoms with E-state index < -0.39 is 18.8 Å². The van der Waals surface area contributed by atoms with Crippen LogP contribution in [0.15, 0.2) is 24.3 Å². The number of ether oxygens (including phenoxy) is 1. The maximum atomic E-state index is 11.1. The Hall–Kier alpha value is -1.81. The van der Waals surface area contributed by atoms with E-state index in [-0.39, 0.29) is 12.6 Å². The smallest absolute Gasteiger partial charge is 0.421 e. The summed E-state index contributed by atoms with van der Waals surface area (Å²) in [4.78, 5) is 11.1. The molecule has 0 aromatic heterocycles. The van der Waals surface area contributed by atoms with Gasteiger partial charge < -0.3 is 14.9 Å². The molecule has 0 saturated carbocycles. The van der Waals surface area contributed by atoms with E-state index in [1.54, 1.807) is 24.3 Å². The number of carbonyl (C=O) groups excluding carboxylic acids is 1. The van der Waals surface area contributed by atoms with Crippen molar-refractivity contribution in [1.29, 1.82) is 0 Å². The first-order chi connectivity index (χ1) is 8.22. The number of hydrogen-bond donors (Lipinski definition) is 4. The molecule has 0 heterocycles. The van der Waals surface area contributed by atoms with Gasteiger partial charge in [-0.3, -0.25) is 5.43 Å². The van der Waals surface area contributed by atoms with Crippen LogP contribution in [0.3, 0.4) is 0 Å². The van der Waals surface area contributed by atoms with Crippen LogP contribution in [-0.4, -0.2) is 41.7 Å². The van der Waals surface area contributed by atoms with Crippen LogP contribution in [0.4, 0.5) is 4.79 Å². The molecule has 2 atom stereocenters. The maximum absolute atomic E-state index is 11.1. The third-order valence-electron chi connectivity index (χ3n) is 1.78. The molecule has 1 amide bonds. The number of amides is 1. The molecule has 2 unspecified atom stereocenters. The highest BCUT2D eigenvalue weighted by Gasteiger charge is 2.08. The Morgan fingerprint density at radius 1 is 1.53 bits per heavy atom. The summed E-state index contributed by atoms with van der Waals surface area (Å²) < 4.78 is 4.61. The summed E-state index contributed by atoms with van der Waals surface area (Å²) in [6, 6.07) is -0.305. The second-order valence-electron chi connectivity index (χ2n) is 3.21. The molecule has 6 nitrogen and oxygen atoms in total. The van der Waals surface area contributed by atoms with Crippen LogP contribution in [0.2, 0.25) is 0 Å². The topological polar surface area (TPSA) is 90.8 Å². The molecule has 4 N–H and O–H groups in total. The molecule has 1 aliphatic carbocycles. The van der Waals surface area contributed by atoms with Gasteiger partial charge in [-0.25, -0.2) is 10.2 Å². The second kappa shape index (κ2) is 7.46. The zero-order chi connectivity index (χ0) is 12.5. The van der Waals surface area contributed by atoms with Crippen LogP contribution in [0.25, 0.3) is 0 Å². The number of aliphatic hydroxyl groups excluding tert-OH is 2. The van der Waals surface area contributed by atoms with E-state index in [0.29, 0.717) is 0 Å². The van der Waals surface area contributed by atoms with E-state index in [1.165, 1.54) is 0 Å². The van der Waals surface area contributed by atoms with Crippen LogP contribution in [0, 0.1) is 11.8 Å². The van der Waals surface area contributed by atoms with E-state index >= 15 is 0 Å². The van der Waals surface area contributed by atoms with Gasteiger partial charge in [0, 0.05) is 0 Å². The zero-order valence-corrected chi connectivity index (χ0v) is 9.09. The number of carbonyl (C=O) groups is 1. The molecule has 1 rings (SSSR count). The summed E-state index contributed by atoms with van der Waals surface area (Å²) in [5, 5.41) is 17.4. The number of allylic oxidation sites excluding steroid dienone is 3. The van der Waals surface area contributed by atoms with Gasteiger partial charge in [0.05, 0.1) is 6.61 Å². The number of hydrazine groups is 1. The maximum Gasteiger partial charge on any atom is 0.421 e. The highest BCUT2D eigenvalue weighted by molar-refractivity contribution is 5.66. The molecule has 0 fully saturated rings. The predicted octanol–water partition coefficient (Wildman–Crippen LogP) is -0.932. The second-order valence-corrected chi connectivity index (χ2v) is 3.21. The average molecular weight is 238 g/mol. The molecule has 6 heteroatoms. The van der Waals surface area contributed by atoms with E-state index in [9.17, 15) is 4.79 Å². The normalized spacial score (nSPS) is 18.8. The van der Waals surface area contributed by atoms with Crippen molar-refractivity contribution in [3.8, 4) is 11.8 Å². The molecule has 0 spiro atoms. The minimum Gasteiger partial charge on any atom is -0.446 e. The number of rotatable bonds is 5. The lowest BCUT2D eigenvalue weighted by Crippen LogP contribution is -2.44. The first-order valence-corrected chi connectivity index (χ1v) is 5.04. The largest absolute Gasteiger partial charge is 0.446 e. The first-order valence-electron chi connectivity index (χ1n) is 5.04. The van der Waals surface area contributed by atoms with Gasteiger partial charge in [0.1, 0.15) is 18.8 Å². The van der Waals surface area contributed by atoms with Crippen LogP contribution in [-0.2, 0) is 4.74 Å². The Balaban J connectivity index is 2.21. The van der Waals surface area contributed by atoms with Gasteiger partial charge >= 0.3 is 6.09 Å². The molecular weight excluding hydrogens is 224 g/mol. The zero-order valence-electron chi connectivity index (χ0n) is 9.09. The SMILES string of the molecule is O=C(NNC1C#CC=CC=C1)OCC(O)CO. The van der Waals surface area contributed by atoms with E-state index in [4.69, 9.17) is 10.2 Å². The lowest BCUT2D eigenvalue weighted by Gasteiger charge is -2.12. The Morgan fingerprint density at radius 2 is 2.35 bits per heavy atom. The predicted molar refractivity (Wildman–Crippen MR) is 60.6 cm³/mol. The molecule has 0 aromatic carbocycles. The lowest BCUT2D eigenvalue weighted by molar-refractivity contribution is 0.0310. The van der Waals surface area contributed by atoms with E-state index in [0.717, 1.165) is 0 Å². The van der Waals surface area contributed by atoms with E-state index in [2.05, 4.69) is 27.4 Å². The minimum absolute atomic E-state index is 0.266. The number of hydrogen-bond acceptors (Lipinski definition) is 5. The monoisotopic (exact) mass is 238 g/mol. The fourth-order valence-corrected chi connectivity index (χ4v) is 0.946. The van der Waals surface area contributed by atoms with Crippen LogP contribution in [0.1, 0.15) is 0 Å². The Kier molecular flexibility index (Phi) is 5.82. The standard InChI is InChI=1S/C11H14N2O4/c14-7-10(15)8-17-11(16)13-12-9-5-3-1-2-4-6-9/h1-3,5,9-10,12,14-15H,7-8H2,(H,13,16). The highest BCUT2D eigenvalue weighted by Crippen LogP contribution is 1.90. The quantitative estimate of drug-likeness (QED) is 0.367. The van der Waals surface area contributed by atoms with Gasteiger partial charge in [0.25, 0.3) is 0 Å². The molecule has 92 valence electrons. The third kappa shape index (κ3) is 5.73. The van der Waals surface area contributed by atoms with Crippen molar-refractivity contribution in [2.75, 3.05) is 13.2 Å². The van der Waals surface area contributed by atoms with Gasteiger partial charge in [-0.1, -0.05) is 30.1 Å². The van der Waals surface area contributed by atoms with Gasteiger partial charge in [0.2, 0.25) is 0 Å². The van der Waals surface area contributed by atoms with Crippen LogP contribution in [0.5, 0.6) is 0 Å². The third-order valence-corrected chi connectivity index (χ3v) is 1.78. The number of nitrogens with one attached hydrogen (secondary N) is 2. The summed E-state index contributed by atoms with van der Waals surface area (Å²) in [7, 11) is 0. The molecular formula is C11H14N2O4. The van der Waals surface area contributed by atoms with Crippen LogP contribution >= 0.6 is 0 Å². The van der Waals surface area contributed by atoms with Crippen molar-refractivity contribution >= 4 is 6.09 Å². The van der Waals surface area contributed by atoms with Gasteiger partial charge in [0.15, 0.2) is 0 Å². The average Bonchev–Trinajstić information content (AvgIpc) is 2.61. The van der Waals surface area contributed by atoms with Gasteiger partial charge in [-0.05, 0) is 6.08 Å². The van der Waals surface area contributed by atoms with Crippen molar-refractivity contribution in [1.82, 2.24) is 10.9 Å². The van der Waals surface area contributed by atoms with Crippen molar-refractivity contribution in [2.45, 2.75) is 12.1 Å². The highest BCUT2D eigenvalue weighted by atomic mass is 16.6. The summed E-state index contributed by atoms with van der Waals surface area (Å²) >= 11 is 0. The van der Waals surface area contributed by atoms with Gasteiger partial charge in [-0.2, -0.15) is 0 Å². The lowest BCUT2D eigenvalue weighted by atomic mass is 10.3. The van der Waals surface area contributed by atoms with Crippen molar-refractivity contribution in [3.05, 3.63) is 24.3 Å². The summed E-state index contributed by atoms with van der Waals surface area (Å²) in [6.07, 6.45) is 5.21. The van der Waals surface area contributed by atoms with Crippen LogP contribution < -0.4 is 10.9 Å². The molecule has 1 aliphatic rings. The minimum atomic E-state index is -1.07. The first kappa shape index (κ1) is 13.3. The molecule has 17 heavy (non-hydrogen) atoms. The van der Waals surface area contributed by atoms with Crippen molar-refractivity contribution in [3.63, 3.8) is 0 Å². The molecule has 0 bridgehead atoms. The summed E-state index contributed by atoms with van der Waals surface area (Å²) in [6.45, 7) is -0.721. The fourth-order valence-electron chi connectivity index (χ4n) is 0.946. The van der Waals surface area contributed by atoms with Crippen molar-refractivity contribution in [2.24, 2.45) is 0 Å². The van der Waals surface area contributed by atoms with Crippen molar-refractivity contribution < 1.29 is 19.7 Å². The fraction of sp³-hybridized carbons (Fsp3) is 0.364. The molecule has 0 radical (unpaired) electrons. The molecule has 0 aliphatic heterocycles. The number of aliphatic hydroxyl groups is 2. The molecule has 0 saturated heterocycles. The molecule has 0 aromatic rings. The Morgan fingerprint density at radius 3 is 3.12 bits per heavy atom. The van der Waals surface area contributed by atoms with E-state index in [1.807, 2.05) is 0 Å². The Bertz CT molecular complexity index is 367.